The van der Waals surface area contributed by atoms with Gasteiger partial charge in [-0.15, -0.1) is 0 Å². The first-order valence-electron chi connectivity index (χ1n) is 27.3. The third kappa shape index (κ3) is 5.96. The molecule has 0 heterocycles. The fourth-order valence-corrected chi connectivity index (χ4v) is 20.7. The number of hydrogen-bond acceptors (Lipinski definition) is 6. The summed E-state index contributed by atoms with van der Waals surface area (Å²) >= 11 is 0. The lowest BCUT2D eigenvalue weighted by Crippen LogP contribution is -2.66. The Bertz CT molecular complexity index is 2450. The number of esters is 1. The Kier molecular flexibility index (Phi) is 10.2. The fourth-order valence-electron chi connectivity index (χ4n) is 20.7. The molecule has 0 N–H and O–H groups in total. The van der Waals surface area contributed by atoms with Crippen LogP contribution in [0.2, 0.25) is 0 Å². The lowest BCUT2D eigenvalue weighted by Gasteiger charge is -2.69. The summed E-state index contributed by atoms with van der Waals surface area (Å²) in [7, 11) is 1.50. The van der Waals surface area contributed by atoms with Crippen LogP contribution in [0.5, 0.6) is 0 Å². The minimum Gasteiger partial charge on any atom is -0.469 e. The van der Waals surface area contributed by atoms with Crippen LogP contribution in [0.25, 0.3) is 0 Å². The Balaban J connectivity index is 1.07. The number of Topliss-reactive ketones (excluding diaryl/α,β-unsaturated/α-hetero) is 2. The van der Waals surface area contributed by atoms with E-state index in [0.717, 1.165) is 76.2 Å². The van der Waals surface area contributed by atoms with Crippen LogP contribution in [-0.4, -0.2) is 36.2 Å². The molecule has 10 aliphatic rings. The summed E-state index contributed by atoms with van der Waals surface area (Å²) in [4.78, 5) is 75.3. The molecule has 0 radical (unpaired) electrons. The summed E-state index contributed by atoms with van der Waals surface area (Å²) in [5.74, 6) is 0.0692. The molecule has 6 fully saturated rings. The van der Waals surface area contributed by atoms with Crippen molar-refractivity contribution >= 4 is 29.1 Å². The SMILES string of the molecule is COC(=O)C12CCC(C)(C)CC1C1C(=O)C=C3C4(C)C=C(C(=O)C5=CC6(C)C7=CC(=O)C8C9CC(C)(C)CCC9(C)CCC8(C)C7(C)CCC6C(C)(C)C5)C(=O)C(C)(C)C4CCC3(C)C1(C)CC2. The fraction of sp³-hybridized carbons (Fsp3) is 0.790. The molecule has 372 valence electrons. The van der Waals surface area contributed by atoms with Gasteiger partial charge < -0.3 is 4.74 Å². The van der Waals surface area contributed by atoms with Crippen molar-refractivity contribution in [2.24, 2.45) is 100 Å². The molecule has 6 heteroatoms. The second-order valence-corrected chi connectivity index (χ2v) is 30.1. The molecule has 0 bridgehead atoms. The standard InChI is InChI=1S/C62H88O6/c1-51(2)21-23-55(9)24-25-60(14)46(38(55)34-51)40(63)29-44-56(10)32-36(31-53(5,6)42(56)17-19-58(44,60)12)48(65)37-33-57(11)43(54(7,8)49(37)66)18-20-59(13)45(57)30-41(64)47-39-35-52(3,4)22-27-62(39,50(67)68-16)28-26-61(47,59)15/h29-30,32-33,38-39,42-43,46-47H,17-28,31,34-35H2,1-16H3. The van der Waals surface area contributed by atoms with Gasteiger partial charge in [0.2, 0.25) is 0 Å². The molecule has 14 unspecified atom stereocenters. The number of ketones is 4. The van der Waals surface area contributed by atoms with Crippen molar-refractivity contribution in [2.75, 3.05) is 7.11 Å². The molecule has 0 aromatic carbocycles. The lowest BCUT2D eigenvalue weighted by molar-refractivity contribution is -0.191. The second kappa shape index (κ2) is 14.2. The van der Waals surface area contributed by atoms with E-state index in [2.05, 4.69) is 102 Å². The van der Waals surface area contributed by atoms with Crippen LogP contribution in [0.15, 0.2) is 46.6 Å². The van der Waals surface area contributed by atoms with E-state index in [1.165, 1.54) is 25.5 Å². The van der Waals surface area contributed by atoms with Gasteiger partial charge in [-0.1, -0.05) is 127 Å². The van der Waals surface area contributed by atoms with Crippen LogP contribution in [-0.2, 0) is 28.7 Å². The number of carbonyl (C=O) groups is 5. The molecular formula is C62H88O6. The molecule has 0 aliphatic heterocycles. The molecule has 68 heavy (non-hydrogen) atoms. The predicted molar refractivity (Wildman–Crippen MR) is 269 cm³/mol. The number of ether oxygens (including phenoxy) is 1. The summed E-state index contributed by atoms with van der Waals surface area (Å²) in [6.07, 6.45) is 22.3. The largest absolute Gasteiger partial charge is 0.469 e. The highest BCUT2D eigenvalue weighted by Gasteiger charge is 2.73. The van der Waals surface area contributed by atoms with Crippen LogP contribution in [0, 0.1) is 100 Å². The van der Waals surface area contributed by atoms with Crippen molar-refractivity contribution < 1.29 is 28.7 Å². The van der Waals surface area contributed by atoms with E-state index in [1.54, 1.807) is 0 Å². The Hall–Kier alpha value is -2.89. The monoisotopic (exact) mass is 929 g/mol. The van der Waals surface area contributed by atoms with Gasteiger partial charge in [0, 0.05) is 28.1 Å². The number of fused-ring (bicyclic) bond motifs is 14. The van der Waals surface area contributed by atoms with Gasteiger partial charge in [-0.3, -0.25) is 24.0 Å². The smallest absolute Gasteiger partial charge is 0.312 e. The van der Waals surface area contributed by atoms with E-state index in [4.69, 9.17) is 4.74 Å². The average Bonchev–Trinajstić information content (AvgIpc) is 3.23. The Morgan fingerprint density at radius 1 is 0.559 bits per heavy atom. The zero-order valence-electron chi connectivity index (χ0n) is 45.3. The number of methoxy groups -OCH3 is 1. The number of rotatable bonds is 3. The van der Waals surface area contributed by atoms with Crippen molar-refractivity contribution in [1.82, 2.24) is 0 Å². The van der Waals surface area contributed by atoms with Gasteiger partial charge in [0.25, 0.3) is 0 Å². The van der Waals surface area contributed by atoms with Gasteiger partial charge in [-0.25, -0.2) is 0 Å². The van der Waals surface area contributed by atoms with Crippen molar-refractivity contribution in [1.29, 1.82) is 0 Å². The van der Waals surface area contributed by atoms with Crippen molar-refractivity contribution in [3.63, 3.8) is 0 Å². The molecule has 0 amide bonds. The van der Waals surface area contributed by atoms with Crippen LogP contribution in [0.3, 0.4) is 0 Å². The summed E-state index contributed by atoms with van der Waals surface area (Å²) in [6, 6.07) is 0. The molecule has 6 nitrogen and oxygen atoms in total. The molecular weight excluding hydrogens is 841 g/mol. The third-order valence-electron chi connectivity index (χ3n) is 25.0. The van der Waals surface area contributed by atoms with E-state index >= 15 is 19.2 Å². The highest BCUT2D eigenvalue weighted by Crippen LogP contribution is 2.77. The highest BCUT2D eigenvalue weighted by molar-refractivity contribution is 6.28. The first-order valence-corrected chi connectivity index (χ1v) is 27.3. The average molecular weight is 929 g/mol. The predicted octanol–water partition coefficient (Wildman–Crippen LogP) is 14.0. The van der Waals surface area contributed by atoms with Gasteiger partial charge >= 0.3 is 5.97 Å². The Labute approximate surface area is 410 Å². The molecule has 0 aromatic heterocycles. The zero-order valence-corrected chi connectivity index (χ0v) is 45.3. The third-order valence-corrected chi connectivity index (χ3v) is 25.0. The summed E-state index contributed by atoms with van der Waals surface area (Å²) in [6.45, 7) is 34.8. The van der Waals surface area contributed by atoms with Crippen molar-refractivity contribution in [3.8, 4) is 0 Å². The van der Waals surface area contributed by atoms with Crippen molar-refractivity contribution in [3.05, 3.63) is 46.6 Å². The first kappa shape index (κ1) is 48.7. The molecule has 10 aliphatic carbocycles. The quantitative estimate of drug-likeness (QED) is 0.207. The first-order chi connectivity index (χ1) is 31.2. The van der Waals surface area contributed by atoms with Gasteiger partial charge in [0.15, 0.2) is 23.1 Å². The van der Waals surface area contributed by atoms with Crippen LogP contribution < -0.4 is 0 Å². The number of allylic oxidation sites excluding steroid dienone is 8. The van der Waals surface area contributed by atoms with Gasteiger partial charge in [-0.2, -0.15) is 0 Å². The maximum absolute atomic E-state index is 15.8. The summed E-state index contributed by atoms with van der Waals surface area (Å²) < 4.78 is 5.58. The van der Waals surface area contributed by atoms with E-state index in [-0.39, 0.29) is 96.4 Å². The Morgan fingerprint density at radius 2 is 1.03 bits per heavy atom. The lowest BCUT2D eigenvalue weighted by atomic mass is 9.34. The van der Waals surface area contributed by atoms with Crippen molar-refractivity contribution in [2.45, 2.75) is 200 Å². The molecule has 0 spiro atoms. The number of carbonyl (C=O) groups excluding carboxylic acids is 5. The van der Waals surface area contributed by atoms with Gasteiger partial charge in [0.1, 0.15) is 0 Å². The van der Waals surface area contributed by atoms with E-state index < -0.39 is 27.1 Å². The maximum atomic E-state index is 15.8. The zero-order chi connectivity index (χ0) is 49.8. The second-order valence-electron chi connectivity index (χ2n) is 30.1. The topological polar surface area (TPSA) is 94.6 Å². The maximum Gasteiger partial charge on any atom is 0.312 e. The van der Waals surface area contributed by atoms with E-state index in [0.29, 0.717) is 30.1 Å². The normalized spacial score (nSPS) is 49.2. The Morgan fingerprint density at radius 3 is 1.60 bits per heavy atom. The van der Waals surface area contributed by atoms with Gasteiger partial charge in [0.05, 0.1) is 18.1 Å². The van der Waals surface area contributed by atoms with Gasteiger partial charge in [-0.05, 0) is 181 Å². The van der Waals surface area contributed by atoms with Crippen LogP contribution >= 0.6 is 0 Å². The molecule has 14 atom stereocenters. The summed E-state index contributed by atoms with van der Waals surface area (Å²) in [5.41, 5.74) is -0.525. The van der Waals surface area contributed by atoms with E-state index in [9.17, 15) is 4.79 Å². The van der Waals surface area contributed by atoms with Crippen LogP contribution in [0.1, 0.15) is 200 Å². The molecule has 6 saturated carbocycles. The minimum atomic E-state index is -0.844. The molecule has 10 rings (SSSR count). The van der Waals surface area contributed by atoms with E-state index in [1.807, 2.05) is 26.0 Å². The molecule has 0 aromatic rings. The van der Waals surface area contributed by atoms with Crippen LogP contribution in [0.4, 0.5) is 0 Å². The summed E-state index contributed by atoms with van der Waals surface area (Å²) in [5, 5.41) is 0. The number of hydrogen-bond donors (Lipinski definition) is 0. The minimum absolute atomic E-state index is 0.00412. The molecule has 0 saturated heterocycles. The highest BCUT2D eigenvalue weighted by atomic mass is 16.5.